The Balaban J connectivity index is 2.10. The summed E-state index contributed by atoms with van der Waals surface area (Å²) in [7, 11) is -6.69. The van der Waals surface area contributed by atoms with Crippen molar-refractivity contribution >= 4 is 19.9 Å². The molecule has 1 unspecified atom stereocenters. The van der Waals surface area contributed by atoms with Crippen LogP contribution in [0.4, 0.5) is 0 Å². The van der Waals surface area contributed by atoms with Crippen molar-refractivity contribution in [3.63, 3.8) is 0 Å². The van der Waals surface area contributed by atoms with E-state index in [9.17, 15) is 16.8 Å². The Morgan fingerprint density at radius 1 is 1.09 bits per heavy atom. The van der Waals surface area contributed by atoms with Gasteiger partial charge in [0, 0.05) is 12.3 Å². The predicted octanol–water partition coefficient (Wildman–Crippen LogP) is 1.67. The second-order valence-electron chi connectivity index (χ2n) is 6.08. The molecule has 0 radical (unpaired) electrons. The lowest BCUT2D eigenvalue weighted by Gasteiger charge is -2.18. The largest absolute Gasteiger partial charge is 0.240 e. The Morgan fingerprint density at radius 3 is 2.36 bits per heavy atom. The molecule has 0 aromatic heterocycles. The maximum absolute atomic E-state index is 12.4. The highest BCUT2D eigenvalue weighted by molar-refractivity contribution is 7.90. The molecule has 1 aliphatic rings. The Labute approximate surface area is 133 Å². The van der Waals surface area contributed by atoms with Crippen molar-refractivity contribution in [2.45, 2.75) is 50.0 Å². The van der Waals surface area contributed by atoms with Crippen molar-refractivity contribution in [1.29, 1.82) is 0 Å². The monoisotopic (exact) mass is 345 g/mol. The third-order valence-electron chi connectivity index (χ3n) is 3.91. The average Bonchev–Trinajstić information content (AvgIpc) is 2.43. The summed E-state index contributed by atoms with van der Waals surface area (Å²) in [6.07, 6.45) is 5.59. The number of fused-ring (bicyclic) bond motifs is 1. The molecular weight excluding hydrogens is 322 g/mol. The van der Waals surface area contributed by atoms with Gasteiger partial charge in [0.05, 0.1) is 10.6 Å². The van der Waals surface area contributed by atoms with E-state index >= 15 is 0 Å². The third kappa shape index (κ3) is 4.79. The van der Waals surface area contributed by atoms with Crippen LogP contribution >= 0.6 is 0 Å². The molecule has 1 aromatic carbocycles. The van der Waals surface area contributed by atoms with Crippen LogP contribution in [-0.2, 0) is 32.7 Å². The number of hydrogen-bond acceptors (Lipinski definition) is 4. The second kappa shape index (κ2) is 6.68. The zero-order valence-corrected chi connectivity index (χ0v) is 14.6. The lowest BCUT2D eigenvalue weighted by Crippen LogP contribution is -2.34. The minimum atomic E-state index is -3.61. The standard InChI is InChI=1S/C15H23NO4S2/c1-12(9-10-21(2,17)18)16-22(19,20)15-8-7-13-5-3-4-6-14(13)11-15/h7-8,11-12,16H,3-6,9-10H2,1-2H3. The quantitative estimate of drug-likeness (QED) is 0.850. The van der Waals surface area contributed by atoms with Gasteiger partial charge in [-0.3, -0.25) is 0 Å². The molecule has 0 amide bonds. The number of rotatable bonds is 6. The Morgan fingerprint density at radius 2 is 1.73 bits per heavy atom. The van der Waals surface area contributed by atoms with E-state index in [1.165, 1.54) is 5.56 Å². The first-order valence-corrected chi connectivity index (χ1v) is 11.0. The van der Waals surface area contributed by atoms with Crippen molar-refractivity contribution in [2.75, 3.05) is 12.0 Å². The van der Waals surface area contributed by atoms with Crippen LogP contribution in [0.2, 0.25) is 0 Å². The van der Waals surface area contributed by atoms with Crippen molar-refractivity contribution in [3.8, 4) is 0 Å². The summed E-state index contributed by atoms with van der Waals surface area (Å²) in [6.45, 7) is 1.68. The normalized spacial score (nSPS) is 17.0. The zero-order chi connectivity index (χ0) is 16.4. The van der Waals surface area contributed by atoms with Gasteiger partial charge in [-0.05, 0) is 62.3 Å². The second-order valence-corrected chi connectivity index (χ2v) is 10.1. The van der Waals surface area contributed by atoms with Crippen LogP contribution in [0.5, 0.6) is 0 Å². The summed E-state index contributed by atoms with van der Waals surface area (Å²) in [5, 5.41) is 0. The molecule has 5 nitrogen and oxygen atoms in total. The molecule has 1 aromatic rings. The summed E-state index contributed by atoms with van der Waals surface area (Å²) in [5.41, 5.74) is 2.34. The molecule has 0 saturated heterocycles. The van der Waals surface area contributed by atoms with Crippen molar-refractivity contribution in [3.05, 3.63) is 29.3 Å². The van der Waals surface area contributed by atoms with Gasteiger partial charge in [-0.2, -0.15) is 0 Å². The summed E-state index contributed by atoms with van der Waals surface area (Å²) in [6, 6.07) is 4.86. The molecular formula is C15H23NO4S2. The van der Waals surface area contributed by atoms with Gasteiger partial charge in [0.15, 0.2) is 0 Å². The lowest BCUT2D eigenvalue weighted by atomic mass is 9.92. The average molecular weight is 345 g/mol. The van der Waals surface area contributed by atoms with Gasteiger partial charge in [0.1, 0.15) is 9.84 Å². The predicted molar refractivity (Wildman–Crippen MR) is 87.2 cm³/mol. The zero-order valence-electron chi connectivity index (χ0n) is 13.0. The maximum atomic E-state index is 12.4. The summed E-state index contributed by atoms with van der Waals surface area (Å²) in [4.78, 5) is 0.263. The topological polar surface area (TPSA) is 80.3 Å². The Hall–Kier alpha value is -0.920. The smallest absolute Gasteiger partial charge is 0.229 e. The van der Waals surface area contributed by atoms with Gasteiger partial charge in [-0.15, -0.1) is 0 Å². The van der Waals surface area contributed by atoms with Crippen molar-refractivity contribution < 1.29 is 16.8 Å². The van der Waals surface area contributed by atoms with E-state index in [0.29, 0.717) is 0 Å². The number of hydrogen-bond donors (Lipinski definition) is 1. The van der Waals surface area contributed by atoms with Crippen LogP contribution in [-0.4, -0.2) is 34.9 Å². The van der Waals surface area contributed by atoms with Gasteiger partial charge in [-0.25, -0.2) is 21.6 Å². The third-order valence-corrected chi connectivity index (χ3v) is 6.47. The van der Waals surface area contributed by atoms with E-state index in [1.807, 2.05) is 6.07 Å². The van der Waals surface area contributed by atoms with E-state index in [1.54, 1.807) is 19.1 Å². The number of aryl methyl sites for hydroxylation is 2. The molecule has 0 aliphatic heterocycles. The van der Waals surface area contributed by atoms with Gasteiger partial charge >= 0.3 is 0 Å². The fraction of sp³-hybridized carbons (Fsp3) is 0.600. The highest BCUT2D eigenvalue weighted by Crippen LogP contribution is 2.24. The van der Waals surface area contributed by atoms with Gasteiger partial charge in [0.25, 0.3) is 0 Å². The van der Waals surface area contributed by atoms with E-state index in [4.69, 9.17) is 0 Å². The number of sulfone groups is 1. The SMILES string of the molecule is CC(CCS(C)(=O)=O)NS(=O)(=O)c1ccc2c(c1)CCCC2. The molecule has 22 heavy (non-hydrogen) atoms. The minimum Gasteiger partial charge on any atom is -0.229 e. The molecule has 7 heteroatoms. The van der Waals surface area contributed by atoms with Crippen LogP contribution in [0.15, 0.2) is 23.1 Å². The summed E-state index contributed by atoms with van der Waals surface area (Å²) >= 11 is 0. The molecule has 0 saturated carbocycles. The van der Waals surface area contributed by atoms with Crippen LogP contribution in [0.1, 0.15) is 37.3 Å². The van der Waals surface area contributed by atoms with E-state index in [0.717, 1.165) is 37.5 Å². The first kappa shape index (κ1) is 17.4. The fourth-order valence-electron chi connectivity index (χ4n) is 2.66. The van der Waals surface area contributed by atoms with E-state index in [2.05, 4.69) is 4.72 Å². The Bertz CT molecular complexity index is 739. The number of benzene rings is 1. The molecule has 0 bridgehead atoms. The first-order valence-electron chi connectivity index (χ1n) is 7.49. The first-order chi connectivity index (χ1) is 10.2. The van der Waals surface area contributed by atoms with Crippen LogP contribution in [0.25, 0.3) is 0 Å². The number of sulfonamides is 1. The minimum absolute atomic E-state index is 0.0269. The van der Waals surface area contributed by atoms with Crippen LogP contribution in [0, 0.1) is 0 Å². The van der Waals surface area contributed by atoms with Crippen LogP contribution in [0.3, 0.4) is 0 Å². The summed E-state index contributed by atoms with van der Waals surface area (Å²) < 4.78 is 49.7. The van der Waals surface area contributed by atoms with Crippen molar-refractivity contribution in [2.24, 2.45) is 0 Å². The molecule has 0 fully saturated rings. The van der Waals surface area contributed by atoms with Crippen LogP contribution < -0.4 is 4.72 Å². The Kier molecular flexibility index (Phi) is 5.29. The molecule has 0 spiro atoms. The van der Waals surface area contributed by atoms with Gasteiger partial charge < -0.3 is 0 Å². The molecule has 1 aliphatic carbocycles. The maximum Gasteiger partial charge on any atom is 0.240 e. The molecule has 0 heterocycles. The number of nitrogens with one attached hydrogen (secondary N) is 1. The molecule has 2 rings (SSSR count). The lowest BCUT2D eigenvalue weighted by molar-refractivity contribution is 0.550. The highest BCUT2D eigenvalue weighted by atomic mass is 32.2. The molecule has 1 atom stereocenters. The van der Waals surface area contributed by atoms with Gasteiger partial charge in [0.2, 0.25) is 10.0 Å². The van der Waals surface area contributed by atoms with Crippen molar-refractivity contribution in [1.82, 2.24) is 4.72 Å². The van der Waals surface area contributed by atoms with E-state index < -0.39 is 25.9 Å². The fourth-order valence-corrected chi connectivity index (χ4v) is 4.77. The molecule has 1 N–H and O–H groups in total. The van der Waals surface area contributed by atoms with Gasteiger partial charge in [-0.1, -0.05) is 6.07 Å². The van der Waals surface area contributed by atoms with E-state index in [-0.39, 0.29) is 17.1 Å². The highest BCUT2D eigenvalue weighted by Gasteiger charge is 2.20. The molecule has 124 valence electrons. The summed E-state index contributed by atoms with van der Waals surface area (Å²) in [5.74, 6) is -0.0269.